The van der Waals surface area contributed by atoms with E-state index >= 15 is 0 Å². The number of carbonyl (C=O) groups excluding carboxylic acids is 1. The highest BCUT2D eigenvalue weighted by atomic mass is 16.4. The van der Waals surface area contributed by atoms with E-state index in [0.717, 1.165) is 25.9 Å². The number of likely N-dealkylation sites (tertiary alicyclic amines) is 1. The summed E-state index contributed by atoms with van der Waals surface area (Å²) >= 11 is 0. The fraction of sp³-hybridized carbons (Fsp3) is 0.833. The maximum Gasteiger partial charge on any atom is 0.325 e. The van der Waals surface area contributed by atoms with E-state index in [-0.39, 0.29) is 6.03 Å². The Labute approximate surface area is 102 Å². The van der Waals surface area contributed by atoms with Gasteiger partial charge >= 0.3 is 12.0 Å². The van der Waals surface area contributed by atoms with Crippen LogP contribution < -0.4 is 5.32 Å². The number of carboxylic acid groups (broad SMARTS) is 1. The van der Waals surface area contributed by atoms with Gasteiger partial charge in [0.25, 0.3) is 0 Å². The molecule has 1 aliphatic heterocycles. The lowest BCUT2D eigenvalue weighted by atomic mass is 9.87. The molecule has 2 N–H and O–H groups in total. The summed E-state index contributed by atoms with van der Waals surface area (Å²) in [6.45, 7) is 7.32. The highest BCUT2D eigenvalue weighted by Crippen LogP contribution is 2.24. The Hall–Kier alpha value is -1.26. The minimum atomic E-state index is -1.00. The first-order valence-corrected chi connectivity index (χ1v) is 6.20. The SMILES string of the molecule is CC(C)C1CCN(C(=O)N[C@@H](C)C(=O)O)CC1. The quantitative estimate of drug-likeness (QED) is 0.788. The third kappa shape index (κ3) is 3.91. The van der Waals surface area contributed by atoms with Gasteiger partial charge in [0.05, 0.1) is 0 Å². The summed E-state index contributed by atoms with van der Waals surface area (Å²) in [7, 11) is 0. The van der Waals surface area contributed by atoms with Gasteiger partial charge in [0.15, 0.2) is 0 Å². The molecule has 0 aromatic rings. The number of amides is 2. The summed E-state index contributed by atoms with van der Waals surface area (Å²) in [5, 5.41) is 11.2. The standard InChI is InChI=1S/C12H22N2O3/c1-8(2)10-4-6-14(7-5-10)12(17)13-9(3)11(15)16/h8-10H,4-7H2,1-3H3,(H,13,17)(H,15,16)/t9-/m0/s1. The van der Waals surface area contributed by atoms with Gasteiger partial charge in [-0.05, 0) is 31.6 Å². The van der Waals surface area contributed by atoms with Gasteiger partial charge in [-0.2, -0.15) is 0 Å². The third-order valence-corrected chi connectivity index (χ3v) is 3.48. The van der Waals surface area contributed by atoms with Crippen LogP contribution in [0.5, 0.6) is 0 Å². The molecule has 2 amide bonds. The second-order valence-electron chi connectivity index (χ2n) is 5.08. The molecule has 0 unspecified atom stereocenters. The van der Waals surface area contributed by atoms with Crippen LogP contribution in [0, 0.1) is 11.8 Å². The number of aliphatic carboxylic acids is 1. The second-order valence-corrected chi connectivity index (χ2v) is 5.08. The zero-order valence-electron chi connectivity index (χ0n) is 10.8. The van der Waals surface area contributed by atoms with E-state index in [9.17, 15) is 9.59 Å². The van der Waals surface area contributed by atoms with Crippen LogP contribution in [-0.4, -0.2) is 41.1 Å². The molecule has 0 radical (unpaired) electrons. The van der Waals surface area contributed by atoms with E-state index in [2.05, 4.69) is 19.2 Å². The molecule has 1 heterocycles. The van der Waals surface area contributed by atoms with E-state index in [1.165, 1.54) is 6.92 Å². The van der Waals surface area contributed by atoms with Crippen molar-refractivity contribution in [1.82, 2.24) is 10.2 Å². The second kappa shape index (κ2) is 5.89. The summed E-state index contributed by atoms with van der Waals surface area (Å²) in [6, 6.07) is -1.09. The van der Waals surface area contributed by atoms with E-state index in [4.69, 9.17) is 5.11 Å². The summed E-state index contributed by atoms with van der Waals surface area (Å²) < 4.78 is 0. The van der Waals surface area contributed by atoms with Crippen molar-refractivity contribution >= 4 is 12.0 Å². The van der Waals surface area contributed by atoms with E-state index in [1.807, 2.05) is 0 Å². The topological polar surface area (TPSA) is 69.6 Å². The first-order chi connectivity index (χ1) is 7.91. The summed E-state index contributed by atoms with van der Waals surface area (Å²) in [4.78, 5) is 24.1. The predicted octanol–water partition coefficient (Wildman–Crippen LogP) is 1.54. The number of rotatable bonds is 3. The highest BCUT2D eigenvalue weighted by molar-refractivity contribution is 5.82. The van der Waals surface area contributed by atoms with Crippen molar-refractivity contribution in [2.24, 2.45) is 11.8 Å². The number of carbonyl (C=O) groups is 2. The first-order valence-electron chi connectivity index (χ1n) is 6.20. The smallest absolute Gasteiger partial charge is 0.325 e. The number of carboxylic acids is 1. The number of piperidine rings is 1. The third-order valence-electron chi connectivity index (χ3n) is 3.48. The Kier molecular flexibility index (Phi) is 4.78. The molecule has 0 aliphatic carbocycles. The molecule has 0 bridgehead atoms. The van der Waals surface area contributed by atoms with Crippen LogP contribution in [0.15, 0.2) is 0 Å². The monoisotopic (exact) mass is 242 g/mol. The minimum Gasteiger partial charge on any atom is -0.480 e. The average molecular weight is 242 g/mol. The maximum absolute atomic E-state index is 11.7. The van der Waals surface area contributed by atoms with Gasteiger partial charge in [-0.1, -0.05) is 13.8 Å². The number of nitrogens with one attached hydrogen (secondary N) is 1. The molecule has 1 rings (SSSR count). The van der Waals surface area contributed by atoms with Crippen molar-refractivity contribution in [1.29, 1.82) is 0 Å². The average Bonchev–Trinajstić information content (AvgIpc) is 2.28. The lowest BCUT2D eigenvalue weighted by Crippen LogP contribution is -2.49. The molecule has 0 aromatic carbocycles. The largest absolute Gasteiger partial charge is 0.480 e. The summed E-state index contributed by atoms with van der Waals surface area (Å²) in [5.74, 6) is 0.324. The number of urea groups is 1. The molecule has 1 aliphatic rings. The van der Waals surface area contributed by atoms with Crippen molar-refractivity contribution in [3.63, 3.8) is 0 Å². The zero-order chi connectivity index (χ0) is 13.0. The zero-order valence-corrected chi connectivity index (χ0v) is 10.8. The lowest BCUT2D eigenvalue weighted by Gasteiger charge is -2.34. The fourth-order valence-electron chi connectivity index (χ4n) is 2.11. The van der Waals surface area contributed by atoms with Crippen molar-refractivity contribution in [2.45, 2.75) is 39.7 Å². The molecule has 1 atom stereocenters. The van der Waals surface area contributed by atoms with Crippen molar-refractivity contribution < 1.29 is 14.7 Å². The lowest BCUT2D eigenvalue weighted by molar-refractivity contribution is -0.138. The van der Waals surface area contributed by atoms with Crippen molar-refractivity contribution in [2.75, 3.05) is 13.1 Å². The van der Waals surface area contributed by atoms with Crippen LogP contribution in [0.2, 0.25) is 0 Å². The Bertz CT molecular complexity index is 283. The van der Waals surface area contributed by atoms with Gasteiger partial charge in [-0.25, -0.2) is 4.79 Å². The van der Waals surface area contributed by atoms with Gasteiger partial charge < -0.3 is 15.3 Å². The Morgan fingerprint density at radius 3 is 2.18 bits per heavy atom. The van der Waals surface area contributed by atoms with E-state index in [0.29, 0.717) is 11.8 Å². The normalized spacial score (nSPS) is 19.2. The summed E-state index contributed by atoms with van der Waals surface area (Å²) in [6.07, 6.45) is 2.01. The predicted molar refractivity (Wildman–Crippen MR) is 64.8 cm³/mol. The van der Waals surface area contributed by atoms with Gasteiger partial charge in [0, 0.05) is 13.1 Å². The Morgan fingerprint density at radius 1 is 1.24 bits per heavy atom. The first kappa shape index (κ1) is 13.8. The van der Waals surface area contributed by atoms with E-state index in [1.54, 1.807) is 4.90 Å². The van der Waals surface area contributed by atoms with Crippen LogP contribution in [0.1, 0.15) is 33.6 Å². The molecule has 1 fully saturated rings. The summed E-state index contributed by atoms with van der Waals surface area (Å²) in [5.41, 5.74) is 0. The van der Waals surface area contributed by atoms with Gasteiger partial charge in [0.2, 0.25) is 0 Å². The van der Waals surface area contributed by atoms with Gasteiger partial charge in [0.1, 0.15) is 6.04 Å². The molecule has 0 spiro atoms. The van der Waals surface area contributed by atoms with E-state index < -0.39 is 12.0 Å². The molecule has 0 saturated carbocycles. The van der Waals surface area contributed by atoms with Crippen molar-refractivity contribution in [3.8, 4) is 0 Å². The number of hydrogen-bond donors (Lipinski definition) is 2. The van der Waals surface area contributed by atoms with Crippen molar-refractivity contribution in [3.05, 3.63) is 0 Å². The van der Waals surface area contributed by atoms with Crippen LogP contribution in [0.25, 0.3) is 0 Å². The molecular formula is C12H22N2O3. The fourth-order valence-corrected chi connectivity index (χ4v) is 2.11. The molecule has 17 heavy (non-hydrogen) atoms. The highest BCUT2D eigenvalue weighted by Gasteiger charge is 2.25. The van der Waals surface area contributed by atoms with Crippen LogP contribution in [0.3, 0.4) is 0 Å². The molecule has 1 saturated heterocycles. The Balaban J connectivity index is 2.38. The Morgan fingerprint density at radius 2 is 1.76 bits per heavy atom. The molecule has 0 aromatic heterocycles. The van der Waals surface area contributed by atoms with Crippen LogP contribution >= 0.6 is 0 Å². The van der Waals surface area contributed by atoms with Crippen LogP contribution in [0.4, 0.5) is 4.79 Å². The minimum absolute atomic E-state index is 0.262. The van der Waals surface area contributed by atoms with Gasteiger partial charge in [-0.15, -0.1) is 0 Å². The molecule has 5 heteroatoms. The molecule has 5 nitrogen and oxygen atoms in total. The molecule has 98 valence electrons. The number of nitrogens with zero attached hydrogens (tertiary/aromatic N) is 1. The number of hydrogen-bond acceptors (Lipinski definition) is 2. The van der Waals surface area contributed by atoms with Crippen LogP contribution in [-0.2, 0) is 4.79 Å². The molecular weight excluding hydrogens is 220 g/mol. The van der Waals surface area contributed by atoms with Gasteiger partial charge in [-0.3, -0.25) is 4.79 Å². The maximum atomic E-state index is 11.7.